The van der Waals surface area contributed by atoms with Crippen LogP contribution in [0.5, 0.6) is 0 Å². The molecule has 174 valence electrons. The van der Waals surface area contributed by atoms with Crippen LogP contribution in [0, 0.1) is 19.7 Å². The van der Waals surface area contributed by atoms with Crippen molar-refractivity contribution < 1.29 is 9.18 Å². The van der Waals surface area contributed by atoms with Gasteiger partial charge >= 0.3 is 0 Å². The SMILES string of the molecule is Cc1ccc2sc(N(CCCN(C)C)C(=O)CCCSc3ccc(F)cc3)nc2c1C.Cl. The van der Waals surface area contributed by atoms with Gasteiger partial charge in [0, 0.05) is 17.9 Å². The summed E-state index contributed by atoms with van der Waals surface area (Å²) in [5.41, 5.74) is 3.39. The fraction of sp³-hybridized carbons (Fsp3) is 0.417. The number of carbonyl (C=O) groups is 1. The van der Waals surface area contributed by atoms with Gasteiger partial charge in [-0.15, -0.1) is 24.2 Å². The average Bonchev–Trinajstić information content (AvgIpc) is 3.17. The lowest BCUT2D eigenvalue weighted by atomic mass is 10.1. The number of nitrogens with zero attached hydrogens (tertiary/aromatic N) is 3. The third-order valence-corrected chi connectivity index (χ3v) is 7.35. The van der Waals surface area contributed by atoms with Crippen molar-refractivity contribution in [3.05, 3.63) is 53.3 Å². The summed E-state index contributed by atoms with van der Waals surface area (Å²) in [5.74, 6) is 0.710. The number of hydrogen-bond acceptors (Lipinski definition) is 5. The Morgan fingerprint density at radius 1 is 1.06 bits per heavy atom. The minimum absolute atomic E-state index is 0. The number of hydrogen-bond donors (Lipinski definition) is 0. The van der Waals surface area contributed by atoms with E-state index in [2.05, 4.69) is 30.9 Å². The molecule has 0 aliphatic rings. The molecule has 0 bridgehead atoms. The van der Waals surface area contributed by atoms with E-state index < -0.39 is 0 Å². The molecule has 0 saturated heterocycles. The van der Waals surface area contributed by atoms with Gasteiger partial charge in [-0.1, -0.05) is 17.4 Å². The molecule has 32 heavy (non-hydrogen) atoms. The minimum Gasteiger partial charge on any atom is -0.309 e. The van der Waals surface area contributed by atoms with Crippen molar-refractivity contribution in [3.8, 4) is 0 Å². The summed E-state index contributed by atoms with van der Waals surface area (Å²) >= 11 is 3.24. The molecule has 0 atom stereocenters. The second-order valence-electron chi connectivity index (χ2n) is 7.96. The smallest absolute Gasteiger partial charge is 0.228 e. The van der Waals surface area contributed by atoms with Crippen LogP contribution < -0.4 is 4.90 Å². The summed E-state index contributed by atoms with van der Waals surface area (Å²) in [6.07, 6.45) is 2.15. The second-order valence-corrected chi connectivity index (χ2v) is 10.1. The maximum absolute atomic E-state index is 13.1. The van der Waals surface area contributed by atoms with Gasteiger partial charge in [-0.25, -0.2) is 9.37 Å². The Hall–Kier alpha value is -1.67. The molecule has 0 fully saturated rings. The number of aromatic nitrogens is 1. The van der Waals surface area contributed by atoms with Crippen molar-refractivity contribution in [1.29, 1.82) is 0 Å². The van der Waals surface area contributed by atoms with E-state index in [1.54, 1.807) is 35.2 Å². The highest BCUT2D eigenvalue weighted by Crippen LogP contribution is 2.32. The summed E-state index contributed by atoms with van der Waals surface area (Å²) in [7, 11) is 4.09. The molecule has 1 heterocycles. The van der Waals surface area contributed by atoms with Crippen LogP contribution in [0.25, 0.3) is 10.2 Å². The monoisotopic (exact) mass is 495 g/mol. The summed E-state index contributed by atoms with van der Waals surface area (Å²) in [4.78, 5) is 23.0. The summed E-state index contributed by atoms with van der Waals surface area (Å²) in [6.45, 7) is 5.77. The number of halogens is 2. The van der Waals surface area contributed by atoms with Crippen LogP contribution in [-0.4, -0.2) is 48.7 Å². The Morgan fingerprint density at radius 3 is 2.47 bits per heavy atom. The summed E-state index contributed by atoms with van der Waals surface area (Å²) in [6, 6.07) is 10.7. The molecule has 0 aliphatic carbocycles. The highest BCUT2D eigenvalue weighted by molar-refractivity contribution is 7.99. The van der Waals surface area contributed by atoms with Crippen molar-refractivity contribution >= 4 is 56.8 Å². The predicted molar refractivity (Wildman–Crippen MR) is 138 cm³/mol. The molecule has 0 saturated carbocycles. The first-order chi connectivity index (χ1) is 14.8. The molecule has 8 heteroatoms. The van der Waals surface area contributed by atoms with Crippen molar-refractivity contribution in [2.75, 3.05) is 37.8 Å². The van der Waals surface area contributed by atoms with E-state index in [1.165, 1.54) is 23.3 Å². The number of benzene rings is 2. The Labute approximate surface area is 204 Å². The number of aryl methyl sites for hydroxylation is 2. The normalized spacial score (nSPS) is 11.1. The Balaban J connectivity index is 0.00000363. The number of anilines is 1. The van der Waals surface area contributed by atoms with Gasteiger partial charge in [-0.2, -0.15) is 0 Å². The zero-order valence-corrected chi connectivity index (χ0v) is 21.5. The number of thioether (sulfide) groups is 1. The first-order valence-electron chi connectivity index (χ1n) is 10.6. The van der Waals surface area contributed by atoms with Gasteiger partial charge < -0.3 is 4.90 Å². The molecule has 0 unspecified atom stereocenters. The molecule has 2 aromatic carbocycles. The van der Waals surface area contributed by atoms with Crippen molar-refractivity contribution in [2.24, 2.45) is 0 Å². The molecule has 0 radical (unpaired) electrons. The highest BCUT2D eigenvalue weighted by atomic mass is 35.5. The molecule has 3 rings (SSSR count). The molecule has 0 N–H and O–H groups in total. The topological polar surface area (TPSA) is 36.4 Å². The van der Waals surface area contributed by atoms with Crippen LogP contribution in [0.4, 0.5) is 9.52 Å². The third-order valence-electron chi connectivity index (χ3n) is 5.21. The summed E-state index contributed by atoms with van der Waals surface area (Å²) in [5, 5.41) is 0.790. The van der Waals surface area contributed by atoms with Gasteiger partial charge in [0.15, 0.2) is 5.13 Å². The van der Waals surface area contributed by atoms with E-state index in [4.69, 9.17) is 4.98 Å². The number of carbonyl (C=O) groups excluding carboxylic acids is 1. The standard InChI is InChI=1S/C24H30FN3OS2.ClH/c1-17-8-13-21-23(18(17)2)26-24(31-21)28(15-6-14-27(3)4)22(29)7-5-16-30-20-11-9-19(25)10-12-20;/h8-13H,5-7,14-16H2,1-4H3;1H. The Kier molecular flexibility index (Phi) is 10.4. The average molecular weight is 496 g/mol. The number of fused-ring (bicyclic) bond motifs is 1. The van der Waals surface area contributed by atoms with Gasteiger partial charge in [-0.05, 0) is 94.5 Å². The fourth-order valence-corrected chi connectivity index (χ4v) is 5.20. The molecule has 1 amide bonds. The van der Waals surface area contributed by atoms with Crippen LogP contribution in [-0.2, 0) is 4.79 Å². The molecule has 0 aliphatic heterocycles. The maximum atomic E-state index is 13.1. The molecule has 0 spiro atoms. The van der Waals surface area contributed by atoms with E-state index in [-0.39, 0.29) is 24.1 Å². The van der Waals surface area contributed by atoms with Crippen LogP contribution in [0.3, 0.4) is 0 Å². The van der Waals surface area contributed by atoms with Gasteiger partial charge in [-0.3, -0.25) is 9.69 Å². The second kappa shape index (κ2) is 12.5. The first kappa shape index (κ1) is 26.6. The van der Waals surface area contributed by atoms with Crippen LogP contribution in [0.1, 0.15) is 30.4 Å². The van der Waals surface area contributed by atoms with Gasteiger partial charge in [0.05, 0.1) is 10.2 Å². The van der Waals surface area contributed by atoms with Gasteiger partial charge in [0.25, 0.3) is 0 Å². The Bertz CT molecular complexity index is 1020. The molecule has 3 aromatic rings. The molecule has 4 nitrogen and oxygen atoms in total. The predicted octanol–water partition coefficient (Wildman–Crippen LogP) is 6.33. The van der Waals surface area contributed by atoms with Gasteiger partial charge in [0.1, 0.15) is 5.82 Å². The largest absolute Gasteiger partial charge is 0.309 e. The number of rotatable bonds is 10. The van der Waals surface area contributed by atoms with Crippen molar-refractivity contribution in [1.82, 2.24) is 9.88 Å². The van der Waals surface area contributed by atoms with E-state index in [0.29, 0.717) is 13.0 Å². The van der Waals surface area contributed by atoms with E-state index in [0.717, 1.165) is 45.4 Å². The molecular weight excluding hydrogens is 465 g/mol. The lowest BCUT2D eigenvalue weighted by Gasteiger charge is -2.21. The molecular formula is C24H31ClFN3OS2. The van der Waals surface area contributed by atoms with Crippen molar-refractivity contribution in [2.45, 2.75) is 38.0 Å². The number of amides is 1. The lowest BCUT2D eigenvalue weighted by Crippen LogP contribution is -2.33. The zero-order valence-electron chi connectivity index (χ0n) is 19.1. The van der Waals surface area contributed by atoms with E-state index >= 15 is 0 Å². The third kappa shape index (κ3) is 7.17. The minimum atomic E-state index is -0.228. The molecule has 1 aromatic heterocycles. The number of thiazole rings is 1. The quantitative estimate of drug-likeness (QED) is 0.243. The highest BCUT2D eigenvalue weighted by Gasteiger charge is 2.20. The van der Waals surface area contributed by atoms with Gasteiger partial charge in [0.2, 0.25) is 5.91 Å². The van der Waals surface area contributed by atoms with Crippen molar-refractivity contribution in [3.63, 3.8) is 0 Å². The maximum Gasteiger partial charge on any atom is 0.228 e. The fourth-order valence-electron chi connectivity index (χ4n) is 3.28. The van der Waals surface area contributed by atoms with E-state index in [1.807, 2.05) is 19.0 Å². The van der Waals surface area contributed by atoms with Crippen LogP contribution in [0.15, 0.2) is 41.3 Å². The van der Waals surface area contributed by atoms with Crippen LogP contribution >= 0.6 is 35.5 Å². The Morgan fingerprint density at radius 2 is 1.78 bits per heavy atom. The lowest BCUT2D eigenvalue weighted by molar-refractivity contribution is -0.118. The first-order valence-corrected chi connectivity index (χ1v) is 12.4. The zero-order chi connectivity index (χ0) is 22.4. The van der Waals surface area contributed by atoms with E-state index in [9.17, 15) is 9.18 Å². The summed E-state index contributed by atoms with van der Waals surface area (Å²) < 4.78 is 14.2. The van der Waals surface area contributed by atoms with Crippen LogP contribution in [0.2, 0.25) is 0 Å².